The van der Waals surface area contributed by atoms with Crippen molar-refractivity contribution in [2.75, 3.05) is 32.6 Å². The molecule has 0 aliphatic carbocycles. The Labute approximate surface area is 177 Å². The lowest BCUT2D eigenvalue weighted by atomic mass is 10.2. The molecular formula is C22H26N2O5S. The minimum atomic E-state index is -3.61. The molecule has 2 aromatic rings. The summed E-state index contributed by atoms with van der Waals surface area (Å²) in [6.07, 6.45) is 5.80. The summed E-state index contributed by atoms with van der Waals surface area (Å²) in [5.74, 6) is 0.725. The van der Waals surface area contributed by atoms with E-state index in [2.05, 4.69) is 5.32 Å². The molecule has 8 heteroatoms. The van der Waals surface area contributed by atoms with Gasteiger partial charge in [-0.1, -0.05) is 18.6 Å². The zero-order valence-electron chi connectivity index (χ0n) is 17.1. The molecule has 1 amide bonds. The molecule has 0 atom stereocenters. The van der Waals surface area contributed by atoms with Crippen molar-refractivity contribution < 1.29 is 22.7 Å². The number of nitrogens with zero attached hydrogens (tertiary/aromatic N) is 1. The van der Waals surface area contributed by atoms with Crippen molar-refractivity contribution >= 4 is 27.7 Å². The largest absolute Gasteiger partial charge is 0.497 e. The van der Waals surface area contributed by atoms with E-state index in [1.165, 1.54) is 29.6 Å². The lowest BCUT2D eigenvalue weighted by molar-refractivity contribution is -0.111. The maximum atomic E-state index is 12.9. The van der Waals surface area contributed by atoms with E-state index in [1.54, 1.807) is 31.4 Å². The quantitative estimate of drug-likeness (QED) is 0.680. The molecule has 30 heavy (non-hydrogen) atoms. The Morgan fingerprint density at radius 2 is 1.70 bits per heavy atom. The second kappa shape index (κ2) is 9.77. The van der Waals surface area contributed by atoms with Crippen LogP contribution in [0, 0.1) is 0 Å². The zero-order chi connectivity index (χ0) is 21.6. The first-order valence-corrected chi connectivity index (χ1v) is 11.2. The van der Waals surface area contributed by atoms with Crippen molar-refractivity contribution in [3.05, 3.63) is 54.1 Å². The smallest absolute Gasteiger partial charge is 0.248 e. The molecule has 1 aliphatic rings. The summed E-state index contributed by atoms with van der Waals surface area (Å²) < 4.78 is 37.8. The van der Waals surface area contributed by atoms with Crippen molar-refractivity contribution in [3.8, 4) is 11.5 Å². The highest BCUT2D eigenvalue weighted by Crippen LogP contribution is 2.30. The van der Waals surface area contributed by atoms with E-state index in [0.29, 0.717) is 24.5 Å². The van der Waals surface area contributed by atoms with Crippen molar-refractivity contribution in [2.45, 2.75) is 24.2 Å². The minimum Gasteiger partial charge on any atom is -0.497 e. The molecule has 2 aromatic carbocycles. The lowest BCUT2D eigenvalue weighted by Crippen LogP contribution is -2.35. The maximum absolute atomic E-state index is 12.9. The fraction of sp³-hybridized carbons (Fsp3) is 0.318. The molecule has 1 fully saturated rings. The molecule has 0 spiro atoms. The Balaban J connectivity index is 1.77. The fourth-order valence-corrected chi connectivity index (χ4v) is 4.80. The van der Waals surface area contributed by atoms with Crippen LogP contribution >= 0.6 is 0 Å². The number of ether oxygens (including phenoxy) is 2. The number of amides is 1. The molecule has 0 aromatic heterocycles. The molecule has 1 aliphatic heterocycles. The third-order valence-corrected chi connectivity index (χ3v) is 6.82. The zero-order valence-corrected chi connectivity index (χ0v) is 17.9. The van der Waals surface area contributed by atoms with Crippen LogP contribution in [0.3, 0.4) is 0 Å². The van der Waals surface area contributed by atoms with E-state index in [0.717, 1.165) is 30.6 Å². The van der Waals surface area contributed by atoms with Gasteiger partial charge in [-0.2, -0.15) is 4.31 Å². The van der Waals surface area contributed by atoms with E-state index in [9.17, 15) is 13.2 Å². The number of methoxy groups -OCH3 is 2. The molecule has 0 bridgehead atoms. The van der Waals surface area contributed by atoms with Crippen LogP contribution in [0.25, 0.3) is 6.08 Å². The summed E-state index contributed by atoms with van der Waals surface area (Å²) in [5, 5.41) is 2.71. The summed E-state index contributed by atoms with van der Waals surface area (Å²) in [4.78, 5) is 12.5. The van der Waals surface area contributed by atoms with Crippen LogP contribution in [0.1, 0.15) is 24.8 Å². The highest BCUT2D eigenvalue weighted by atomic mass is 32.2. The summed E-state index contributed by atoms with van der Waals surface area (Å²) in [6, 6.07) is 11.8. The number of hydrogen-bond acceptors (Lipinski definition) is 5. The van der Waals surface area contributed by atoms with E-state index in [4.69, 9.17) is 9.47 Å². The summed E-state index contributed by atoms with van der Waals surface area (Å²) in [7, 11) is -0.553. The molecule has 0 saturated carbocycles. The topological polar surface area (TPSA) is 84.9 Å². The first kappa shape index (κ1) is 21.9. The fourth-order valence-electron chi connectivity index (χ4n) is 3.26. The average Bonchev–Trinajstić information content (AvgIpc) is 2.78. The Morgan fingerprint density at radius 1 is 1.00 bits per heavy atom. The van der Waals surface area contributed by atoms with Gasteiger partial charge in [-0.25, -0.2) is 8.42 Å². The number of carbonyl (C=O) groups is 1. The van der Waals surface area contributed by atoms with Crippen LogP contribution in [-0.4, -0.2) is 45.9 Å². The monoisotopic (exact) mass is 430 g/mol. The molecule has 0 radical (unpaired) electrons. The third kappa shape index (κ3) is 5.20. The standard InChI is InChI=1S/C22H26N2O5S/c1-28-18-9-6-17(7-10-18)8-13-22(25)23-20-16-19(11-12-21(20)29-2)30(26,27)24-14-4-3-5-15-24/h6-13,16H,3-5,14-15H2,1-2H3,(H,23,25)/b13-8+. The van der Waals surface area contributed by atoms with E-state index in [1.807, 2.05) is 12.1 Å². The maximum Gasteiger partial charge on any atom is 0.248 e. The number of hydrogen-bond donors (Lipinski definition) is 1. The van der Waals surface area contributed by atoms with Crippen LogP contribution in [-0.2, 0) is 14.8 Å². The van der Waals surface area contributed by atoms with Crippen molar-refractivity contribution in [1.29, 1.82) is 0 Å². The van der Waals surface area contributed by atoms with Gasteiger partial charge in [0, 0.05) is 19.2 Å². The van der Waals surface area contributed by atoms with Gasteiger partial charge in [0.1, 0.15) is 11.5 Å². The third-order valence-electron chi connectivity index (χ3n) is 4.92. The van der Waals surface area contributed by atoms with E-state index < -0.39 is 15.9 Å². The molecule has 0 unspecified atom stereocenters. The van der Waals surface area contributed by atoms with Gasteiger partial charge in [0.15, 0.2) is 0 Å². The van der Waals surface area contributed by atoms with Crippen LogP contribution < -0.4 is 14.8 Å². The second-order valence-corrected chi connectivity index (χ2v) is 8.86. The number of carbonyl (C=O) groups excluding carboxylic acids is 1. The van der Waals surface area contributed by atoms with Crippen molar-refractivity contribution in [3.63, 3.8) is 0 Å². The van der Waals surface area contributed by atoms with E-state index in [-0.39, 0.29) is 4.90 Å². The van der Waals surface area contributed by atoms with Gasteiger partial charge >= 0.3 is 0 Å². The highest BCUT2D eigenvalue weighted by molar-refractivity contribution is 7.89. The number of benzene rings is 2. The number of nitrogens with one attached hydrogen (secondary N) is 1. The first-order valence-electron chi connectivity index (χ1n) is 9.75. The van der Waals surface area contributed by atoms with Crippen LogP contribution in [0.15, 0.2) is 53.4 Å². The van der Waals surface area contributed by atoms with Gasteiger partial charge in [-0.3, -0.25) is 4.79 Å². The number of anilines is 1. The van der Waals surface area contributed by atoms with Crippen LogP contribution in [0.4, 0.5) is 5.69 Å². The molecule has 1 heterocycles. The summed E-state index contributed by atoms with van der Waals surface area (Å²) in [6.45, 7) is 1.03. The second-order valence-electron chi connectivity index (χ2n) is 6.92. The van der Waals surface area contributed by atoms with Gasteiger partial charge < -0.3 is 14.8 Å². The molecule has 1 N–H and O–H groups in total. The Bertz CT molecular complexity index is 1010. The Morgan fingerprint density at radius 3 is 2.33 bits per heavy atom. The number of rotatable bonds is 7. The normalized spacial score (nSPS) is 15.1. The van der Waals surface area contributed by atoms with Crippen molar-refractivity contribution in [2.24, 2.45) is 0 Å². The summed E-state index contributed by atoms with van der Waals surface area (Å²) >= 11 is 0. The van der Waals surface area contributed by atoms with Gasteiger partial charge in [0.2, 0.25) is 15.9 Å². The molecule has 3 rings (SSSR count). The van der Waals surface area contributed by atoms with Crippen LogP contribution in [0.5, 0.6) is 11.5 Å². The van der Waals surface area contributed by atoms with Crippen molar-refractivity contribution in [1.82, 2.24) is 4.31 Å². The number of piperidine rings is 1. The Hall–Kier alpha value is -2.84. The van der Waals surface area contributed by atoms with Gasteiger partial charge in [-0.15, -0.1) is 0 Å². The SMILES string of the molecule is COc1ccc(/C=C/C(=O)Nc2cc(S(=O)(=O)N3CCCCC3)ccc2OC)cc1. The summed E-state index contributed by atoms with van der Waals surface area (Å²) in [5.41, 5.74) is 1.14. The van der Waals surface area contributed by atoms with E-state index >= 15 is 0 Å². The van der Waals surface area contributed by atoms with Gasteiger partial charge in [0.05, 0.1) is 24.8 Å². The molecule has 7 nitrogen and oxygen atoms in total. The Kier molecular flexibility index (Phi) is 7.12. The average molecular weight is 431 g/mol. The van der Waals surface area contributed by atoms with Crippen LogP contribution in [0.2, 0.25) is 0 Å². The lowest BCUT2D eigenvalue weighted by Gasteiger charge is -2.26. The first-order chi connectivity index (χ1) is 14.4. The minimum absolute atomic E-state index is 0.139. The van der Waals surface area contributed by atoms with Gasteiger partial charge in [0.25, 0.3) is 0 Å². The van der Waals surface area contributed by atoms with Gasteiger partial charge in [-0.05, 0) is 54.8 Å². The predicted octanol–water partition coefficient (Wildman–Crippen LogP) is 3.53. The molecule has 1 saturated heterocycles. The molecular weight excluding hydrogens is 404 g/mol. The number of sulfonamides is 1. The predicted molar refractivity (Wildman–Crippen MR) is 116 cm³/mol. The highest BCUT2D eigenvalue weighted by Gasteiger charge is 2.26. The molecule has 160 valence electrons.